The summed E-state index contributed by atoms with van der Waals surface area (Å²) in [5, 5.41) is 9.25. The third-order valence-electron chi connectivity index (χ3n) is 5.83. The topological polar surface area (TPSA) is 109 Å². The number of nitrogens with zero attached hydrogens (tertiary/aromatic N) is 5. The Kier molecular flexibility index (Phi) is 7.86. The highest BCUT2D eigenvalue weighted by Gasteiger charge is 2.17. The maximum Gasteiger partial charge on any atom is 0.300 e. The quantitative estimate of drug-likeness (QED) is 0.301. The van der Waals surface area contributed by atoms with E-state index in [4.69, 9.17) is 9.72 Å². The molecule has 0 bridgehead atoms. The summed E-state index contributed by atoms with van der Waals surface area (Å²) >= 11 is 0. The van der Waals surface area contributed by atoms with Gasteiger partial charge in [-0.15, -0.1) is 0 Å². The first-order valence-corrected chi connectivity index (χ1v) is 11.8. The van der Waals surface area contributed by atoms with Gasteiger partial charge < -0.3 is 25.6 Å². The van der Waals surface area contributed by atoms with Crippen molar-refractivity contribution in [3.05, 3.63) is 54.5 Å². The Bertz CT molecular complexity index is 1490. The van der Waals surface area contributed by atoms with Crippen LogP contribution in [0.25, 0.3) is 17.0 Å². The number of pyridine rings is 1. The van der Waals surface area contributed by atoms with Gasteiger partial charge in [-0.1, -0.05) is 12.0 Å². The second-order valence-electron chi connectivity index (χ2n) is 8.34. The lowest BCUT2D eigenvalue weighted by Gasteiger charge is -2.24. The molecule has 190 valence electrons. The molecule has 0 unspecified atom stereocenters. The van der Waals surface area contributed by atoms with Crippen molar-refractivity contribution in [1.82, 2.24) is 24.7 Å². The van der Waals surface area contributed by atoms with E-state index in [9.17, 15) is 4.79 Å². The van der Waals surface area contributed by atoms with Gasteiger partial charge in [0.2, 0.25) is 5.95 Å². The zero-order valence-electron chi connectivity index (χ0n) is 21.6. The Balaban J connectivity index is 1.71. The zero-order chi connectivity index (χ0) is 26.4. The molecular formula is C27H30N8O2. The van der Waals surface area contributed by atoms with Crippen molar-refractivity contribution >= 4 is 34.4 Å². The lowest BCUT2D eigenvalue weighted by molar-refractivity contribution is -0.111. The van der Waals surface area contributed by atoms with Crippen LogP contribution in [-0.4, -0.2) is 59.6 Å². The summed E-state index contributed by atoms with van der Waals surface area (Å²) in [4.78, 5) is 28.0. The minimum atomic E-state index is -0.401. The number of rotatable bonds is 9. The van der Waals surface area contributed by atoms with Crippen LogP contribution in [-0.2, 0) is 4.79 Å². The molecule has 3 N–H and O–H groups in total. The molecule has 4 rings (SSSR count). The van der Waals surface area contributed by atoms with Gasteiger partial charge in [0.15, 0.2) is 5.82 Å². The Morgan fingerprint density at radius 2 is 2.05 bits per heavy atom. The van der Waals surface area contributed by atoms with E-state index in [0.29, 0.717) is 34.6 Å². The second kappa shape index (κ2) is 11.4. The van der Waals surface area contributed by atoms with Crippen molar-refractivity contribution in [3.8, 4) is 29.1 Å². The molecular weight excluding hydrogens is 468 g/mol. The van der Waals surface area contributed by atoms with Crippen LogP contribution in [0.4, 0.5) is 23.0 Å². The number of hydrogen-bond acceptors (Lipinski definition) is 8. The molecule has 0 fully saturated rings. The van der Waals surface area contributed by atoms with Crippen LogP contribution in [0.3, 0.4) is 0 Å². The van der Waals surface area contributed by atoms with E-state index in [-0.39, 0.29) is 0 Å². The van der Waals surface area contributed by atoms with Crippen LogP contribution >= 0.6 is 0 Å². The van der Waals surface area contributed by atoms with Crippen molar-refractivity contribution < 1.29 is 9.53 Å². The molecule has 1 aromatic carbocycles. The number of amides is 1. The highest BCUT2D eigenvalue weighted by molar-refractivity contribution is 6.06. The first-order chi connectivity index (χ1) is 17.9. The predicted octanol–water partition coefficient (Wildman–Crippen LogP) is 3.47. The van der Waals surface area contributed by atoms with E-state index in [1.54, 1.807) is 26.3 Å². The first kappa shape index (κ1) is 25.5. The molecule has 0 saturated carbocycles. The summed E-state index contributed by atoms with van der Waals surface area (Å²) in [5.74, 6) is 6.40. The van der Waals surface area contributed by atoms with E-state index in [2.05, 4.69) is 37.8 Å². The predicted molar refractivity (Wildman–Crippen MR) is 147 cm³/mol. The number of carbonyl (C=O) groups is 1. The van der Waals surface area contributed by atoms with Crippen LogP contribution < -0.4 is 25.6 Å². The summed E-state index contributed by atoms with van der Waals surface area (Å²) in [6.07, 6.45) is 5.47. The minimum absolute atomic E-state index is 0.363. The van der Waals surface area contributed by atoms with Crippen LogP contribution in [0, 0.1) is 18.8 Å². The lowest BCUT2D eigenvalue weighted by atomic mass is 10.2. The highest BCUT2D eigenvalue weighted by atomic mass is 16.5. The van der Waals surface area contributed by atoms with Gasteiger partial charge in [-0.05, 0) is 50.6 Å². The monoisotopic (exact) mass is 498 g/mol. The van der Waals surface area contributed by atoms with Crippen molar-refractivity contribution in [2.24, 2.45) is 0 Å². The number of aromatic nitrogens is 4. The van der Waals surface area contributed by atoms with Crippen LogP contribution in [0.1, 0.15) is 12.5 Å². The third kappa shape index (κ3) is 5.63. The number of anilines is 4. The number of fused-ring (bicyclic) bond motifs is 1. The molecule has 0 aliphatic heterocycles. The van der Waals surface area contributed by atoms with E-state index in [1.165, 1.54) is 0 Å². The molecule has 0 atom stereocenters. The fourth-order valence-corrected chi connectivity index (χ4v) is 3.93. The van der Waals surface area contributed by atoms with Crippen molar-refractivity contribution in [2.75, 3.05) is 49.8 Å². The number of imidazole rings is 1. The van der Waals surface area contributed by atoms with Crippen molar-refractivity contribution in [3.63, 3.8) is 0 Å². The molecule has 1 amide bonds. The fourth-order valence-electron chi connectivity index (χ4n) is 3.93. The summed E-state index contributed by atoms with van der Waals surface area (Å²) in [6, 6.07) is 9.49. The van der Waals surface area contributed by atoms with Gasteiger partial charge in [-0.3, -0.25) is 9.20 Å². The number of aryl methyl sites for hydroxylation is 1. The number of hydrogen-bond donors (Lipinski definition) is 3. The lowest BCUT2D eigenvalue weighted by Crippen LogP contribution is -2.28. The maximum atomic E-state index is 12.3. The normalized spacial score (nSPS) is 10.5. The van der Waals surface area contributed by atoms with Crippen LogP contribution in [0.15, 0.2) is 48.9 Å². The number of benzene rings is 1. The smallest absolute Gasteiger partial charge is 0.300 e. The molecule has 10 nitrogen and oxygen atoms in total. The van der Waals surface area contributed by atoms with Gasteiger partial charge in [-0.25, -0.2) is 15.0 Å². The van der Waals surface area contributed by atoms with Gasteiger partial charge in [0.25, 0.3) is 5.91 Å². The molecule has 3 heterocycles. The number of likely N-dealkylation sites (N-methyl/N-ethyl adjacent to an activating group) is 2. The van der Waals surface area contributed by atoms with Gasteiger partial charge in [-0.2, -0.15) is 0 Å². The number of ether oxygens (including phenoxy) is 1. The molecule has 0 spiro atoms. The SMILES string of the molecule is CC#CC(=O)Nc1cc(Nc2nccc(-c3ncc4c(C)cccn34)n2)c(OC)cc1N(C)CCNC. The summed E-state index contributed by atoms with van der Waals surface area (Å²) in [6.45, 7) is 5.15. The molecule has 10 heteroatoms. The summed E-state index contributed by atoms with van der Waals surface area (Å²) in [7, 11) is 5.43. The van der Waals surface area contributed by atoms with E-state index >= 15 is 0 Å². The molecule has 3 aromatic heterocycles. The van der Waals surface area contributed by atoms with E-state index in [0.717, 1.165) is 29.9 Å². The number of methoxy groups -OCH3 is 1. The molecule has 4 aromatic rings. The zero-order valence-corrected chi connectivity index (χ0v) is 21.6. The summed E-state index contributed by atoms with van der Waals surface area (Å²) in [5.41, 5.74) is 4.77. The van der Waals surface area contributed by atoms with Crippen molar-refractivity contribution in [1.29, 1.82) is 0 Å². The Morgan fingerprint density at radius 3 is 2.81 bits per heavy atom. The largest absolute Gasteiger partial charge is 0.494 e. The van der Waals surface area contributed by atoms with Crippen LogP contribution in [0.5, 0.6) is 5.75 Å². The van der Waals surface area contributed by atoms with E-state index < -0.39 is 5.91 Å². The number of carbonyl (C=O) groups excluding carboxylic acids is 1. The number of nitrogens with one attached hydrogen (secondary N) is 3. The first-order valence-electron chi connectivity index (χ1n) is 11.8. The minimum Gasteiger partial charge on any atom is -0.494 e. The van der Waals surface area contributed by atoms with Gasteiger partial charge >= 0.3 is 0 Å². The average molecular weight is 499 g/mol. The van der Waals surface area contributed by atoms with Crippen molar-refractivity contribution in [2.45, 2.75) is 13.8 Å². The molecule has 0 aliphatic rings. The van der Waals surface area contributed by atoms with Gasteiger partial charge in [0.1, 0.15) is 11.4 Å². The summed E-state index contributed by atoms with van der Waals surface area (Å²) < 4.78 is 7.68. The maximum absolute atomic E-state index is 12.3. The standard InChI is InChI=1S/C27H30N8O2/c1-6-8-25(36)31-20-15-21(24(37-5)16-22(20)34(4)14-12-28-3)33-27-29-11-10-19(32-27)26-30-17-23-18(2)9-7-13-35(23)26/h7,9-11,13,15-17,28H,12,14H2,1-5H3,(H,31,36)(H,29,32,33). The fraction of sp³-hybridized carbons (Fsp3) is 0.259. The molecule has 0 radical (unpaired) electrons. The van der Waals surface area contributed by atoms with E-state index in [1.807, 2.05) is 67.0 Å². The Hall–Kier alpha value is -4.62. The third-order valence-corrected chi connectivity index (χ3v) is 5.83. The second-order valence-corrected chi connectivity index (χ2v) is 8.34. The van der Waals surface area contributed by atoms with Gasteiger partial charge in [0, 0.05) is 38.6 Å². The average Bonchev–Trinajstić information content (AvgIpc) is 3.33. The molecule has 0 saturated heterocycles. The Labute approximate surface area is 216 Å². The van der Waals surface area contributed by atoms with Gasteiger partial charge in [0.05, 0.1) is 35.9 Å². The van der Waals surface area contributed by atoms with Crippen LogP contribution in [0.2, 0.25) is 0 Å². The molecule has 0 aliphatic carbocycles. The Morgan fingerprint density at radius 1 is 1.22 bits per heavy atom. The highest BCUT2D eigenvalue weighted by Crippen LogP contribution is 2.38. The molecule has 37 heavy (non-hydrogen) atoms.